The molecule has 1 saturated heterocycles. The largest absolute Gasteiger partial charge is 0.338 e. The number of rotatable bonds is 19. The Kier molecular flexibility index (Phi) is 15.8. The van der Waals surface area contributed by atoms with Gasteiger partial charge in [0.05, 0.1) is 6.61 Å². The molecular weight excluding hydrogens is 419 g/mol. The van der Waals surface area contributed by atoms with Gasteiger partial charge in [-0.15, -0.1) is 5.06 Å². The van der Waals surface area contributed by atoms with Crippen molar-refractivity contribution < 1.29 is 28.6 Å². The lowest BCUT2D eigenvalue weighted by Crippen LogP contribution is -2.31. The zero-order chi connectivity index (χ0) is 22.9. The van der Waals surface area contributed by atoms with Gasteiger partial charge in [-0.25, -0.2) is 9.46 Å². The van der Waals surface area contributed by atoms with Crippen molar-refractivity contribution >= 4 is 26.3 Å². The second-order valence-corrected chi connectivity index (χ2v) is 9.35. The predicted octanol–water partition coefficient (Wildman–Crippen LogP) is 4.85. The van der Waals surface area contributed by atoms with Gasteiger partial charge in [0.25, 0.3) is 20.3 Å². The smallest absolute Gasteiger partial charge is 0.333 e. The minimum Gasteiger partial charge on any atom is -0.338 e. The molecule has 0 aromatic rings. The van der Waals surface area contributed by atoms with Crippen LogP contribution < -0.4 is 0 Å². The SMILES string of the molecule is CCCN(CCC)P(O)OCCCCCCCCCCCC(=O)ON1C(=O)CCC1=O. The van der Waals surface area contributed by atoms with E-state index in [-0.39, 0.29) is 19.3 Å². The summed E-state index contributed by atoms with van der Waals surface area (Å²) in [6.07, 6.45) is 12.0. The second kappa shape index (κ2) is 17.5. The number of nitrogens with zero attached hydrogens (tertiary/aromatic N) is 2. The van der Waals surface area contributed by atoms with Crippen molar-refractivity contribution in [2.24, 2.45) is 0 Å². The summed E-state index contributed by atoms with van der Waals surface area (Å²) in [6, 6.07) is 0. The third-order valence-electron chi connectivity index (χ3n) is 5.14. The van der Waals surface area contributed by atoms with E-state index in [2.05, 4.69) is 13.8 Å². The predicted molar refractivity (Wildman–Crippen MR) is 121 cm³/mol. The lowest BCUT2D eigenvalue weighted by molar-refractivity contribution is -0.197. The normalized spacial score (nSPS) is 15.2. The third-order valence-corrected chi connectivity index (χ3v) is 6.43. The summed E-state index contributed by atoms with van der Waals surface area (Å²) in [5, 5.41) is 0.613. The fraction of sp³-hybridized carbons (Fsp3) is 0.864. The molecule has 0 aromatic heterocycles. The molecule has 2 amide bonds. The van der Waals surface area contributed by atoms with Crippen LogP contribution in [0.4, 0.5) is 0 Å². The summed E-state index contributed by atoms with van der Waals surface area (Å²) in [7, 11) is -1.44. The minimum atomic E-state index is -1.44. The van der Waals surface area contributed by atoms with E-state index < -0.39 is 26.3 Å². The highest BCUT2D eigenvalue weighted by Crippen LogP contribution is 2.37. The Morgan fingerprint density at radius 3 is 1.90 bits per heavy atom. The summed E-state index contributed by atoms with van der Waals surface area (Å²) in [5.74, 6) is -1.38. The lowest BCUT2D eigenvalue weighted by Gasteiger charge is -2.25. The van der Waals surface area contributed by atoms with Gasteiger partial charge in [0.2, 0.25) is 0 Å². The van der Waals surface area contributed by atoms with Gasteiger partial charge >= 0.3 is 5.97 Å². The van der Waals surface area contributed by atoms with E-state index in [9.17, 15) is 19.3 Å². The van der Waals surface area contributed by atoms with Crippen LogP contribution in [0.1, 0.15) is 104 Å². The molecule has 1 heterocycles. The number of hydrogen-bond donors (Lipinski definition) is 1. The molecule has 0 saturated carbocycles. The van der Waals surface area contributed by atoms with Crippen LogP contribution in [-0.2, 0) is 23.7 Å². The van der Waals surface area contributed by atoms with Gasteiger partial charge in [0.1, 0.15) is 0 Å². The first kappa shape index (κ1) is 28.0. The van der Waals surface area contributed by atoms with Crippen molar-refractivity contribution in [2.45, 2.75) is 104 Å². The van der Waals surface area contributed by atoms with Crippen molar-refractivity contribution in [3.8, 4) is 0 Å². The van der Waals surface area contributed by atoms with Crippen molar-refractivity contribution in [1.82, 2.24) is 9.73 Å². The number of hydrogen-bond acceptors (Lipinski definition) is 7. The van der Waals surface area contributed by atoms with E-state index in [1.54, 1.807) is 0 Å². The molecule has 8 nitrogen and oxygen atoms in total. The summed E-state index contributed by atoms with van der Waals surface area (Å²) >= 11 is 0. The average Bonchev–Trinajstić information content (AvgIpc) is 3.06. The number of hydroxylamine groups is 2. The van der Waals surface area contributed by atoms with E-state index in [0.29, 0.717) is 18.1 Å². The lowest BCUT2D eigenvalue weighted by atomic mass is 10.1. The van der Waals surface area contributed by atoms with Crippen LogP contribution >= 0.6 is 8.53 Å². The number of unbranched alkanes of at least 4 members (excludes halogenated alkanes) is 8. The molecule has 1 rings (SSSR count). The number of imide groups is 1. The highest BCUT2D eigenvalue weighted by atomic mass is 31.2. The van der Waals surface area contributed by atoms with Gasteiger partial charge in [0.15, 0.2) is 0 Å². The van der Waals surface area contributed by atoms with Crippen molar-refractivity contribution in [3.63, 3.8) is 0 Å². The molecule has 0 aromatic carbocycles. The van der Waals surface area contributed by atoms with Crippen molar-refractivity contribution in [3.05, 3.63) is 0 Å². The third kappa shape index (κ3) is 12.5. The van der Waals surface area contributed by atoms with E-state index in [0.717, 1.165) is 58.0 Å². The molecule has 0 aliphatic carbocycles. The molecule has 1 aliphatic heterocycles. The zero-order valence-electron chi connectivity index (χ0n) is 19.4. The van der Waals surface area contributed by atoms with Crippen LogP contribution in [0.25, 0.3) is 0 Å². The van der Waals surface area contributed by atoms with Crippen molar-refractivity contribution in [1.29, 1.82) is 0 Å². The number of carbonyl (C=O) groups excluding carboxylic acids is 3. The van der Waals surface area contributed by atoms with Gasteiger partial charge in [-0.2, -0.15) is 0 Å². The quantitative estimate of drug-likeness (QED) is 0.167. The van der Waals surface area contributed by atoms with E-state index in [1.807, 2.05) is 4.67 Å². The van der Waals surface area contributed by atoms with Gasteiger partial charge in [-0.05, 0) is 25.7 Å². The summed E-state index contributed by atoms with van der Waals surface area (Å²) in [5.41, 5.74) is 0. The number of carbonyl (C=O) groups is 3. The Bertz CT molecular complexity index is 512. The first-order chi connectivity index (χ1) is 15.0. The monoisotopic (exact) mass is 460 g/mol. The van der Waals surface area contributed by atoms with Gasteiger partial charge < -0.3 is 14.3 Å². The maximum absolute atomic E-state index is 11.7. The topological polar surface area (TPSA) is 96.4 Å². The first-order valence-electron chi connectivity index (χ1n) is 11.9. The number of amides is 2. The first-order valence-corrected chi connectivity index (χ1v) is 13.1. The van der Waals surface area contributed by atoms with E-state index in [4.69, 9.17) is 9.36 Å². The molecule has 31 heavy (non-hydrogen) atoms. The highest BCUT2D eigenvalue weighted by molar-refractivity contribution is 7.43. The summed E-state index contributed by atoms with van der Waals surface area (Å²) < 4.78 is 7.66. The van der Waals surface area contributed by atoms with Crippen LogP contribution in [-0.4, -0.2) is 52.1 Å². The van der Waals surface area contributed by atoms with Crippen LogP contribution in [0, 0.1) is 0 Å². The molecule has 180 valence electrons. The van der Waals surface area contributed by atoms with E-state index >= 15 is 0 Å². The Balaban J connectivity index is 1.89. The van der Waals surface area contributed by atoms with Crippen molar-refractivity contribution in [2.75, 3.05) is 19.7 Å². The Morgan fingerprint density at radius 1 is 0.903 bits per heavy atom. The van der Waals surface area contributed by atoms with Crippen LogP contribution in [0.5, 0.6) is 0 Å². The Labute approximate surface area is 188 Å². The fourth-order valence-corrected chi connectivity index (χ4v) is 4.64. The maximum atomic E-state index is 11.7. The molecule has 9 heteroatoms. The molecule has 1 fully saturated rings. The maximum Gasteiger partial charge on any atom is 0.333 e. The van der Waals surface area contributed by atoms with Gasteiger partial charge in [0, 0.05) is 32.4 Å². The molecular formula is C22H41N2O6P. The minimum absolute atomic E-state index is 0.123. The summed E-state index contributed by atoms with van der Waals surface area (Å²) in [6.45, 7) is 6.62. The average molecular weight is 461 g/mol. The molecule has 1 atom stereocenters. The molecule has 1 unspecified atom stereocenters. The zero-order valence-corrected chi connectivity index (χ0v) is 20.2. The summed E-state index contributed by atoms with van der Waals surface area (Å²) in [4.78, 5) is 49.5. The van der Waals surface area contributed by atoms with Crippen LogP contribution in [0.2, 0.25) is 0 Å². The standard InChI is InChI=1S/C22H41N2O6P/c1-3-17-23(18-4-2)31(28)29-19-13-11-9-7-5-6-8-10-12-14-22(27)30-24-20(25)15-16-21(24)26/h28H,3-19H2,1-2H3. The Hall–Kier alpha value is -1.08. The van der Waals surface area contributed by atoms with Crippen LogP contribution in [0.15, 0.2) is 0 Å². The van der Waals surface area contributed by atoms with Gasteiger partial charge in [-0.1, -0.05) is 58.8 Å². The van der Waals surface area contributed by atoms with Crippen LogP contribution in [0.3, 0.4) is 0 Å². The molecule has 0 spiro atoms. The molecule has 0 bridgehead atoms. The second-order valence-electron chi connectivity index (χ2n) is 8.02. The Morgan fingerprint density at radius 2 is 1.39 bits per heavy atom. The molecule has 0 radical (unpaired) electrons. The van der Waals surface area contributed by atoms with E-state index in [1.165, 1.54) is 19.3 Å². The highest BCUT2D eigenvalue weighted by Gasteiger charge is 2.32. The molecule has 1 N–H and O–H groups in total. The fourth-order valence-electron chi connectivity index (χ4n) is 3.44. The van der Waals surface area contributed by atoms with Gasteiger partial charge in [-0.3, -0.25) is 9.59 Å². The molecule has 1 aliphatic rings.